The van der Waals surface area contributed by atoms with Crippen LogP contribution in [0.15, 0.2) is 158 Å². The van der Waals surface area contributed by atoms with Gasteiger partial charge in [-0.05, 0) is 165 Å². The summed E-state index contributed by atoms with van der Waals surface area (Å²) in [5, 5.41) is 0. The zero-order valence-corrected chi connectivity index (χ0v) is 49.2. The van der Waals surface area contributed by atoms with Gasteiger partial charge < -0.3 is 9.80 Å². The average Bonchev–Trinajstić information content (AvgIpc) is 3.48. The van der Waals surface area contributed by atoms with Crippen molar-refractivity contribution in [3.63, 3.8) is 0 Å². The Morgan fingerprint density at radius 2 is 0.829 bits per heavy atom. The van der Waals surface area contributed by atoms with E-state index in [4.69, 9.17) is 0 Å². The van der Waals surface area contributed by atoms with Gasteiger partial charge in [-0.2, -0.15) is 0 Å². The van der Waals surface area contributed by atoms with E-state index in [9.17, 15) is 0 Å². The van der Waals surface area contributed by atoms with E-state index in [-0.39, 0.29) is 28.4 Å². The van der Waals surface area contributed by atoms with Crippen LogP contribution in [0.3, 0.4) is 0 Å². The van der Waals surface area contributed by atoms with Crippen LogP contribution in [-0.2, 0) is 21.7 Å². The van der Waals surface area contributed by atoms with Gasteiger partial charge in [-0.15, -0.1) is 0 Å². The molecule has 0 atom stereocenters. The van der Waals surface area contributed by atoms with Crippen molar-refractivity contribution in [2.75, 3.05) is 9.80 Å². The van der Waals surface area contributed by atoms with E-state index in [1.807, 2.05) is 0 Å². The summed E-state index contributed by atoms with van der Waals surface area (Å²) in [6.07, 6.45) is 0. The van der Waals surface area contributed by atoms with Crippen LogP contribution in [0, 0.1) is 0 Å². The van der Waals surface area contributed by atoms with Crippen LogP contribution in [-0.4, -0.2) is 6.71 Å². The van der Waals surface area contributed by atoms with Gasteiger partial charge in [0.2, 0.25) is 0 Å². The highest BCUT2D eigenvalue weighted by Gasteiger charge is 2.45. The molecule has 0 amide bonds. The molecule has 0 bridgehead atoms. The van der Waals surface area contributed by atoms with Crippen molar-refractivity contribution in [2.45, 2.75) is 164 Å². The molecule has 76 heavy (non-hydrogen) atoms. The number of hydrogen-bond acceptors (Lipinski definition) is 2. The fraction of sp³-hybridized carbons (Fsp3) is 0.342. The molecule has 8 aromatic carbocycles. The molecule has 388 valence electrons. The van der Waals surface area contributed by atoms with E-state index in [2.05, 4.69) is 292 Å². The molecule has 0 saturated carbocycles. The Hall–Kier alpha value is -6.58. The zero-order chi connectivity index (χ0) is 54.6. The quantitative estimate of drug-likeness (QED) is 0.140. The maximum absolute atomic E-state index is 2.62. The molecule has 2 nitrogen and oxygen atoms in total. The first-order valence-corrected chi connectivity index (χ1v) is 28.4. The number of rotatable bonds is 8. The lowest BCUT2D eigenvalue weighted by Gasteiger charge is -2.46. The molecule has 0 saturated heterocycles. The van der Waals surface area contributed by atoms with Gasteiger partial charge in [-0.3, -0.25) is 0 Å². The van der Waals surface area contributed by atoms with Crippen molar-refractivity contribution in [1.82, 2.24) is 0 Å². The molecule has 2 aliphatic heterocycles. The number of anilines is 6. The van der Waals surface area contributed by atoms with Gasteiger partial charge in [0.15, 0.2) is 0 Å². The van der Waals surface area contributed by atoms with Crippen LogP contribution in [0.5, 0.6) is 0 Å². The predicted molar refractivity (Wildman–Crippen MR) is 334 cm³/mol. The molecule has 0 N–H and O–H groups in total. The minimum absolute atomic E-state index is 0.0180. The average molecular weight is 999 g/mol. The van der Waals surface area contributed by atoms with Crippen molar-refractivity contribution < 1.29 is 0 Å². The summed E-state index contributed by atoms with van der Waals surface area (Å²) < 4.78 is 0. The minimum Gasteiger partial charge on any atom is -0.311 e. The molecule has 8 aromatic rings. The van der Waals surface area contributed by atoms with E-state index in [1.165, 1.54) is 117 Å². The van der Waals surface area contributed by atoms with Crippen LogP contribution in [0.25, 0.3) is 33.4 Å². The number of nitrogens with zero attached hydrogens (tertiary/aromatic N) is 2. The molecule has 2 aliphatic rings. The topological polar surface area (TPSA) is 6.48 Å². The highest BCUT2D eigenvalue weighted by Crippen LogP contribution is 2.50. The second kappa shape index (κ2) is 19.2. The standard InChI is InChI=1S/C73H83BN2/c1-45(2)51-38-59(46(3)4)68(60(39-51)47(5)6)50-30-34-64-61(40-50)74-62-42-53(70(7,8)9)31-35-65(62)76(63-27-23-22-26-58(63)49-24-20-19-21-25-49)67-44-56(73(16,17)18)43-66(69(67)74)75(64)57-32-28-48(29-33-57)52-36-54(71(10,11)12)41-55(37-52)72(13,14)15/h19-47H,1-18H3. The van der Waals surface area contributed by atoms with E-state index in [0.717, 1.165) is 5.69 Å². The Morgan fingerprint density at radius 3 is 1.38 bits per heavy atom. The fourth-order valence-corrected chi connectivity index (χ4v) is 11.9. The van der Waals surface area contributed by atoms with Crippen LogP contribution in [0.1, 0.15) is 181 Å². The van der Waals surface area contributed by atoms with Gasteiger partial charge >= 0.3 is 0 Å². The van der Waals surface area contributed by atoms with E-state index >= 15 is 0 Å². The molecule has 0 spiro atoms. The molecule has 0 radical (unpaired) electrons. The van der Waals surface area contributed by atoms with Gasteiger partial charge in [0.1, 0.15) is 0 Å². The highest BCUT2D eigenvalue weighted by atomic mass is 15.2. The summed E-state index contributed by atoms with van der Waals surface area (Å²) in [6, 6.07) is 61.9. The molecule has 0 aromatic heterocycles. The zero-order valence-electron chi connectivity index (χ0n) is 49.2. The summed E-state index contributed by atoms with van der Waals surface area (Å²) in [4.78, 5) is 5.24. The summed E-state index contributed by atoms with van der Waals surface area (Å²) in [6.45, 7) is 42.3. The highest BCUT2D eigenvalue weighted by molar-refractivity contribution is 7.00. The van der Waals surface area contributed by atoms with Crippen molar-refractivity contribution in [3.05, 3.63) is 197 Å². The second-order valence-corrected chi connectivity index (χ2v) is 27.3. The first-order valence-electron chi connectivity index (χ1n) is 28.4. The van der Waals surface area contributed by atoms with Crippen LogP contribution < -0.4 is 26.2 Å². The third-order valence-corrected chi connectivity index (χ3v) is 16.6. The van der Waals surface area contributed by atoms with Crippen molar-refractivity contribution >= 4 is 57.2 Å². The Morgan fingerprint density at radius 1 is 0.342 bits per heavy atom. The van der Waals surface area contributed by atoms with Crippen LogP contribution >= 0.6 is 0 Å². The van der Waals surface area contributed by atoms with E-state index in [1.54, 1.807) is 0 Å². The SMILES string of the molecule is CC(C)c1cc(C(C)C)c(-c2ccc3c(c2)B2c4cc(C(C)(C)C)ccc4N(c4ccccc4-c4ccccc4)c4cc(C(C)(C)C)cc(c42)N3c2ccc(-c3cc(C(C)(C)C)cc(C(C)(C)C)c3)cc2)c(C(C)C)c1. The van der Waals surface area contributed by atoms with Gasteiger partial charge in [0, 0.05) is 34.0 Å². The Kier molecular flexibility index (Phi) is 13.3. The van der Waals surface area contributed by atoms with Crippen molar-refractivity contribution in [1.29, 1.82) is 0 Å². The van der Waals surface area contributed by atoms with E-state index < -0.39 is 0 Å². The third-order valence-electron chi connectivity index (χ3n) is 16.6. The lowest BCUT2D eigenvalue weighted by atomic mass is 9.33. The molecular formula is C73H83BN2. The number of benzene rings is 8. The van der Waals surface area contributed by atoms with Crippen molar-refractivity contribution in [3.8, 4) is 33.4 Å². The third kappa shape index (κ3) is 9.56. The summed E-state index contributed by atoms with van der Waals surface area (Å²) in [5.74, 6) is 1.15. The Labute approximate surface area is 458 Å². The second-order valence-electron chi connectivity index (χ2n) is 27.3. The largest absolute Gasteiger partial charge is 0.311 e. The molecular weight excluding hydrogens is 916 g/mol. The molecule has 10 rings (SSSR count). The van der Waals surface area contributed by atoms with Gasteiger partial charge in [-0.1, -0.05) is 240 Å². The summed E-state index contributed by atoms with van der Waals surface area (Å²) >= 11 is 0. The van der Waals surface area contributed by atoms with Gasteiger partial charge in [-0.25, -0.2) is 0 Å². The summed E-state index contributed by atoms with van der Waals surface area (Å²) in [5.41, 5.74) is 28.4. The molecule has 0 aliphatic carbocycles. The van der Waals surface area contributed by atoms with E-state index in [0.29, 0.717) is 17.8 Å². The number of hydrogen-bond donors (Lipinski definition) is 0. The number of fused-ring (bicyclic) bond motifs is 4. The number of para-hydroxylation sites is 1. The first-order chi connectivity index (χ1) is 35.7. The molecule has 0 fully saturated rings. The van der Waals surface area contributed by atoms with Gasteiger partial charge in [0.05, 0.1) is 5.69 Å². The van der Waals surface area contributed by atoms with Crippen molar-refractivity contribution in [2.24, 2.45) is 0 Å². The first kappa shape index (κ1) is 52.8. The fourth-order valence-electron chi connectivity index (χ4n) is 11.9. The van der Waals surface area contributed by atoms with Crippen LogP contribution in [0.4, 0.5) is 34.1 Å². The Balaban J connectivity index is 1.31. The molecule has 3 heteroatoms. The minimum atomic E-state index is -0.146. The Bertz CT molecular complexity index is 3430. The lowest BCUT2D eigenvalue weighted by Crippen LogP contribution is -2.61. The van der Waals surface area contributed by atoms with Crippen LogP contribution in [0.2, 0.25) is 0 Å². The molecule has 2 heterocycles. The normalized spacial score (nSPS) is 13.7. The monoisotopic (exact) mass is 999 g/mol. The maximum atomic E-state index is 2.62. The summed E-state index contributed by atoms with van der Waals surface area (Å²) in [7, 11) is 0. The van der Waals surface area contributed by atoms with Gasteiger partial charge in [0.25, 0.3) is 6.71 Å². The lowest BCUT2D eigenvalue weighted by molar-refractivity contribution is 0.569. The maximum Gasteiger partial charge on any atom is 0.252 e. The smallest absolute Gasteiger partial charge is 0.252 e. The predicted octanol–water partition coefficient (Wildman–Crippen LogP) is 19.3. The molecule has 0 unspecified atom stereocenters.